The molecule has 0 heterocycles. The summed E-state index contributed by atoms with van der Waals surface area (Å²) in [4.78, 5) is 24.1. The van der Waals surface area contributed by atoms with Gasteiger partial charge in [-0.25, -0.2) is 4.39 Å². The molecule has 0 saturated heterocycles. The highest BCUT2D eigenvalue weighted by Crippen LogP contribution is 2.37. The molecule has 7 heteroatoms. The fourth-order valence-electron chi connectivity index (χ4n) is 2.99. The third kappa shape index (κ3) is 5.82. The molecule has 1 N–H and O–H groups in total. The topological polar surface area (TPSA) is 64.6 Å². The van der Waals surface area contributed by atoms with Crippen molar-refractivity contribution in [3.8, 4) is 11.5 Å². The average molecular weight is 498 g/mol. The highest BCUT2D eigenvalue weighted by Gasteiger charge is 2.13. The van der Waals surface area contributed by atoms with E-state index in [1.54, 1.807) is 60.7 Å². The van der Waals surface area contributed by atoms with Crippen LogP contribution in [0.3, 0.4) is 0 Å². The first-order valence-corrected chi connectivity index (χ1v) is 10.5. The molecule has 0 spiro atoms. The molecule has 5 nitrogen and oxygen atoms in total. The lowest BCUT2D eigenvalue weighted by molar-refractivity contribution is -0.111. The predicted molar refractivity (Wildman–Crippen MR) is 126 cm³/mol. The second-order valence-electron chi connectivity index (χ2n) is 6.84. The van der Waals surface area contributed by atoms with Gasteiger partial charge < -0.3 is 14.8 Å². The van der Waals surface area contributed by atoms with E-state index in [1.807, 2.05) is 0 Å². The maximum Gasteiger partial charge on any atom is 0.248 e. The summed E-state index contributed by atoms with van der Waals surface area (Å²) in [6, 6.07) is 16.6. The van der Waals surface area contributed by atoms with Gasteiger partial charge in [0.1, 0.15) is 12.4 Å². The Morgan fingerprint density at radius 1 is 1.09 bits per heavy atom. The number of hydrogen-bond donors (Lipinski definition) is 1. The van der Waals surface area contributed by atoms with Crippen LogP contribution in [0.5, 0.6) is 11.5 Å². The Hall–Kier alpha value is -3.45. The highest BCUT2D eigenvalue weighted by molar-refractivity contribution is 9.10. The second-order valence-corrected chi connectivity index (χ2v) is 7.69. The zero-order valence-corrected chi connectivity index (χ0v) is 19.1. The number of carbonyl (C=O) groups excluding carboxylic acids is 2. The Morgan fingerprint density at radius 3 is 2.53 bits per heavy atom. The number of ketones is 1. The predicted octanol–water partition coefficient (Wildman–Crippen LogP) is 6.03. The van der Waals surface area contributed by atoms with Crippen LogP contribution in [-0.4, -0.2) is 18.8 Å². The van der Waals surface area contributed by atoms with Crippen molar-refractivity contribution in [2.24, 2.45) is 0 Å². The number of benzene rings is 3. The maximum atomic E-state index is 13.9. The van der Waals surface area contributed by atoms with Crippen molar-refractivity contribution < 1.29 is 23.5 Å². The minimum atomic E-state index is -0.381. The normalized spacial score (nSPS) is 10.8. The highest BCUT2D eigenvalue weighted by atomic mass is 79.9. The largest absolute Gasteiger partial charge is 0.493 e. The molecule has 0 radical (unpaired) electrons. The van der Waals surface area contributed by atoms with Crippen molar-refractivity contribution in [3.05, 3.63) is 93.7 Å². The molecule has 3 aromatic rings. The van der Waals surface area contributed by atoms with Gasteiger partial charge in [-0.2, -0.15) is 0 Å². The minimum Gasteiger partial charge on any atom is -0.493 e. The van der Waals surface area contributed by atoms with Crippen LogP contribution >= 0.6 is 15.9 Å². The van der Waals surface area contributed by atoms with Crippen LogP contribution in [0.25, 0.3) is 6.08 Å². The molecule has 0 aliphatic rings. The van der Waals surface area contributed by atoms with Gasteiger partial charge in [-0.15, -0.1) is 0 Å². The van der Waals surface area contributed by atoms with E-state index in [9.17, 15) is 14.0 Å². The summed E-state index contributed by atoms with van der Waals surface area (Å²) in [7, 11) is 1.50. The van der Waals surface area contributed by atoms with Gasteiger partial charge in [0.05, 0.1) is 17.3 Å². The average Bonchev–Trinajstić information content (AvgIpc) is 2.77. The fourth-order valence-corrected chi connectivity index (χ4v) is 3.56. The summed E-state index contributed by atoms with van der Waals surface area (Å²) < 4.78 is 25.6. The lowest BCUT2D eigenvalue weighted by atomic mass is 10.1. The van der Waals surface area contributed by atoms with Crippen LogP contribution in [0.15, 0.2) is 71.2 Å². The molecule has 32 heavy (non-hydrogen) atoms. The lowest BCUT2D eigenvalue weighted by Crippen LogP contribution is -2.11. The van der Waals surface area contributed by atoms with Crippen LogP contribution in [0.1, 0.15) is 28.4 Å². The monoisotopic (exact) mass is 497 g/mol. The van der Waals surface area contributed by atoms with E-state index in [4.69, 9.17) is 9.47 Å². The van der Waals surface area contributed by atoms with E-state index < -0.39 is 0 Å². The van der Waals surface area contributed by atoms with Gasteiger partial charge in [0.15, 0.2) is 17.3 Å². The third-order valence-corrected chi connectivity index (χ3v) is 5.16. The van der Waals surface area contributed by atoms with Gasteiger partial charge in [0, 0.05) is 17.2 Å². The summed E-state index contributed by atoms with van der Waals surface area (Å²) in [5, 5.41) is 2.71. The van der Waals surface area contributed by atoms with Gasteiger partial charge in [-0.3, -0.25) is 9.59 Å². The Kier molecular flexibility index (Phi) is 7.78. The lowest BCUT2D eigenvalue weighted by Gasteiger charge is -2.14. The number of ether oxygens (including phenoxy) is 2. The number of anilines is 1. The van der Waals surface area contributed by atoms with Crippen LogP contribution < -0.4 is 14.8 Å². The van der Waals surface area contributed by atoms with Crippen molar-refractivity contribution in [1.29, 1.82) is 0 Å². The molecule has 1 amide bonds. The van der Waals surface area contributed by atoms with Gasteiger partial charge >= 0.3 is 0 Å². The van der Waals surface area contributed by atoms with E-state index in [0.29, 0.717) is 38.3 Å². The number of methoxy groups -OCH3 is 1. The number of carbonyl (C=O) groups is 2. The molecular weight excluding hydrogens is 477 g/mol. The molecule has 0 saturated carbocycles. The standard InChI is InChI=1S/C25H21BrFNO4/c1-16(29)19-8-4-6-10-22(19)28-24(30)12-11-17-13-20(26)25(23(14-17)31-2)32-15-18-7-3-5-9-21(18)27/h3-14H,15H2,1-2H3,(H,28,30)/b12-11+. The van der Waals surface area contributed by atoms with E-state index in [0.717, 1.165) is 0 Å². The van der Waals surface area contributed by atoms with E-state index >= 15 is 0 Å². The molecule has 164 valence electrons. The summed E-state index contributed by atoms with van der Waals surface area (Å²) in [5.41, 5.74) is 2.00. The Bertz CT molecular complexity index is 1180. The Labute approximate surface area is 194 Å². The summed E-state index contributed by atoms with van der Waals surface area (Å²) in [6.45, 7) is 1.48. The van der Waals surface area contributed by atoms with Crippen LogP contribution in [0.4, 0.5) is 10.1 Å². The Morgan fingerprint density at radius 2 is 1.81 bits per heavy atom. The number of Topliss-reactive ketones (excluding diaryl/α,β-unsaturated/α-hetero) is 1. The zero-order valence-electron chi connectivity index (χ0n) is 17.5. The quantitative estimate of drug-likeness (QED) is 0.304. The van der Waals surface area contributed by atoms with E-state index in [2.05, 4.69) is 21.2 Å². The molecule has 0 bridgehead atoms. The molecule has 0 unspecified atom stereocenters. The second kappa shape index (κ2) is 10.7. The number of rotatable bonds is 8. The molecule has 0 fully saturated rings. The SMILES string of the molecule is COc1cc(/C=C/C(=O)Nc2ccccc2C(C)=O)cc(Br)c1OCc1ccccc1F. The smallest absolute Gasteiger partial charge is 0.248 e. The van der Waals surface area contributed by atoms with E-state index in [1.165, 1.54) is 26.2 Å². The Balaban J connectivity index is 1.74. The first kappa shape index (κ1) is 23.2. The number of amides is 1. The van der Waals surface area contributed by atoms with Crippen LogP contribution in [0.2, 0.25) is 0 Å². The number of para-hydroxylation sites is 1. The minimum absolute atomic E-state index is 0.0365. The van der Waals surface area contributed by atoms with Crippen molar-refractivity contribution in [3.63, 3.8) is 0 Å². The van der Waals surface area contributed by atoms with Gasteiger partial charge in [0.25, 0.3) is 0 Å². The molecule has 3 rings (SSSR count). The summed E-state index contributed by atoms with van der Waals surface area (Å²) >= 11 is 3.45. The number of halogens is 2. The molecule has 0 aromatic heterocycles. The van der Waals surface area contributed by atoms with Crippen molar-refractivity contribution in [2.75, 3.05) is 12.4 Å². The van der Waals surface area contributed by atoms with Crippen LogP contribution in [0, 0.1) is 5.82 Å². The van der Waals surface area contributed by atoms with E-state index in [-0.39, 0.29) is 24.1 Å². The first-order chi connectivity index (χ1) is 15.4. The van der Waals surface area contributed by atoms with Crippen molar-refractivity contribution >= 4 is 39.4 Å². The summed E-state index contributed by atoms with van der Waals surface area (Å²) in [5.74, 6) is -0.0110. The van der Waals surface area contributed by atoms with Gasteiger partial charge in [-0.1, -0.05) is 30.3 Å². The maximum absolute atomic E-state index is 13.9. The number of nitrogens with one attached hydrogen (secondary N) is 1. The zero-order chi connectivity index (χ0) is 23.1. The molecule has 0 atom stereocenters. The van der Waals surface area contributed by atoms with Gasteiger partial charge in [-0.05, 0) is 64.8 Å². The molecule has 3 aromatic carbocycles. The summed E-state index contributed by atoms with van der Waals surface area (Å²) in [6.07, 6.45) is 2.97. The fraction of sp³-hybridized carbons (Fsp3) is 0.120. The van der Waals surface area contributed by atoms with Crippen LogP contribution in [-0.2, 0) is 11.4 Å². The molecular formula is C25H21BrFNO4. The number of hydrogen-bond acceptors (Lipinski definition) is 4. The molecule has 0 aliphatic heterocycles. The van der Waals surface area contributed by atoms with Crippen molar-refractivity contribution in [2.45, 2.75) is 13.5 Å². The molecule has 0 aliphatic carbocycles. The first-order valence-electron chi connectivity index (χ1n) is 9.72. The van der Waals surface area contributed by atoms with Gasteiger partial charge in [0.2, 0.25) is 5.91 Å². The van der Waals surface area contributed by atoms with Crippen molar-refractivity contribution in [1.82, 2.24) is 0 Å². The third-order valence-electron chi connectivity index (χ3n) is 4.57.